The number of fused-ring (bicyclic) bond motifs is 3. The fraction of sp³-hybridized carbons (Fsp3) is 0.263. The molecule has 0 amide bonds. The zero-order valence-electron chi connectivity index (χ0n) is 12.9. The molecule has 0 spiro atoms. The third-order valence-corrected chi connectivity index (χ3v) is 5.23. The summed E-state index contributed by atoms with van der Waals surface area (Å²) in [7, 11) is 0. The summed E-state index contributed by atoms with van der Waals surface area (Å²) in [4.78, 5) is 0. The lowest BCUT2D eigenvalue weighted by molar-refractivity contribution is 0.551. The van der Waals surface area contributed by atoms with Crippen molar-refractivity contribution in [3.8, 4) is 22.5 Å². The summed E-state index contributed by atoms with van der Waals surface area (Å²) in [6, 6.07) is 13.2. The predicted octanol–water partition coefficient (Wildman–Crippen LogP) is 5.27. The Hall–Kier alpha value is -1.74. The van der Waals surface area contributed by atoms with Crippen molar-refractivity contribution in [1.82, 2.24) is 9.13 Å². The summed E-state index contributed by atoms with van der Waals surface area (Å²) in [6.45, 7) is 6.58. The molecule has 0 bridgehead atoms. The number of aryl methyl sites for hydroxylation is 2. The summed E-state index contributed by atoms with van der Waals surface area (Å²) in [5, 5.41) is 0. The van der Waals surface area contributed by atoms with E-state index in [2.05, 4.69) is 81.5 Å². The van der Waals surface area contributed by atoms with Crippen molar-refractivity contribution in [2.75, 3.05) is 0 Å². The number of benzene rings is 1. The summed E-state index contributed by atoms with van der Waals surface area (Å²) in [5.41, 5.74) is 8.26. The van der Waals surface area contributed by atoms with E-state index in [1.807, 2.05) is 0 Å². The van der Waals surface area contributed by atoms with E-state index in [1.54, 1.807) is 0 Å². The average Bonchev–Trinajstić information content (AvgIpc) is 3.08. The molecule has 3 aromatic rings. The van der Waals surface area contributed by atoms with Crippen LogP contribution in [0.15, 0.2) is 47.1 Å². The highest BCUT2D eigenvalue weighted by atomic mass is 79.9. The maximum Gasteiger partial charge on any atom is 0.0687 e. The van der Waals surface area contributed by atoms with Crippen molar-refractivity contribution >= 4 is 15.9 Å². The third-order valence-electron chi connectivity index (χ3n) is 4.70. The van der Waals surface area contributed by atoms with Crippen LogP contribution in [0.4, 0.5) is 0 Å². The molecule has 112 valence electrons. The number of hydrogen-bond donors (Lipinski definition) is 0. The van der Waals surface area contributed by atoms with Gasteiger partial charge in [0.1, 0.15) is 0 Å². The monoisotopic (exact) mass is 354 g/mol. The second-order valence-corrected chi connectivity index (χ2v) is 6.85. The van der Waals surface area contributed by atoms with Crippen molar-refractivity contribution in [2.45, 2.75) is 33.4 Å². The van der Waals surface area contributed by atoms with Crippen LogP contribution >= 0.6 is 15.9 Å². The summed E-state index contributed by atoms with van der Waals surface area (Å²) < 4.78 is 6.01. The van der Waals surface area contributed by atoms with Gasteiger partial charge < -0.3 is 9.13 Å². The van der Waals surface area contributed by atoms with Gasteiger partial charge >= 0.3 is 0 Å². The third kappa shape index (κ3) is 1.99. The van der Waals surface area contributed by atoms with Gasteiger partial charge in [-0.1, -0.05) is 35.0 Å². The van der Waals surface area contributed by atoms with Gasteiger partial charge in [0.25, 0.3) is 0 Å². The van der Waals surface area contributed by atoms with Gasteiger partial charge in [-0.25, -0.2) is 0 Å². The van der Waals surface area contributed by atoms with Crippen molar-refractivity contribution in [3.63, 3.8) is 0 Å². The van der Waals surface area contributed by atoms with Gasteiger partial charge in [0, 0.05) is 35.0 Å². The molecule has 1 aromatic carbocycles. The maximum absolute atomic E-state index is 3.53. The van der Waals surface area contributed by atoms with Gasteiger partial charge in [-0.15, -0.1) is 0 Å². The highest BCUT2D eigenvalue weighted by Gasteiger charge is 2.23. The predicted molar refractivity (Wildman–Crippen MR) is 95.1 cm³/mol. The topological polar surface area (TPSA) is 9.86 Å². The Morgan fingerprint density at radius 2 is 1.82 bits per heavy atom. The summed E-state index contributed by atoms with van der Waals surface area (Å²) in [5.74, 6) is 0. The lowest BCUT2D eigenvalue weighted by Crippen LogP contribution is -2.16. The van der Waals surface area contributed by atoms with Crippen molar-refractivity contribution < 1.29 is 0 Å². The maximum atomic E-state index is 3.53. The number of rotatable bonds is 2. The van der Waals surface area contributed by atoms with Crippen LogP contribution in [0.25, 0.3) is 22.5 Å². The molecule has 0 saturated heterocycles. The molecular weight excluding hydrogens is 336 g/mol. The molecule has 2 nitrogen and oxygen atoms in total. The lowest BCUT2D eigenvalue weighted by atomic mass is 10.00. The first kappa shape index (κ1) is 13.9. The fourth-order valence-corrected chi connectivity index (χ4v) is 3.86. The first-order valence-electron chi connectivity index (χ1n) is 7.83. The van der Waals surface area contributed by atoms with Crippen LogP contribution in [0, 0.1) is 6.92 Å². The average molecular weight is 355 g/mol. The van der Waals surface area contributed by atoms with E-state index in [0.29, 0.717) is 0 Å². The van der Waals surface area contributed by atoms with E-state index < -0.39 is 0 Å². The Morgan fingerprint density at radius 1 is 1.05 bits per heavy atom. The number of halogens is 1. The van der Waals surface area contributed by atoms with Crippen LogP contribution in [-0.4, -0.2) is 9.13 Å². The highest BCUT2D eigenvalue weighted by Crippen LogP contribution is 2.38. The molecule has 0 atom stereocenters. The minimum Gasteiger partial charge on any atom is -0.344 e. The Balaban J connectivity index is 1.94. The van der Waals surface area contributed by atoms with E-state index >= 15 is 0 Å². The molecule has 0 fully saturated rings. The van der Waals surface area contributed by atoms with Gasteiger partial charge in [-0.3, -0.25) is 0 Å². The molecule has 1 aliphatic heterocycles. The minimum atomic E-state index is 1.05. The van der Waals surface area contributed by atoms with E-state index in [0.717, 1.165) is 24.0 Å². The van der Waals surface area contributed by atoms with Crippen LogP contribution < -0.4 is 0 Å². The molecule has 0 aliphatic carbocycles. The first-order valence-corrected chi connectivity index (χ1v) is 8.62. The molecule has 0 radical (unpaired) electrons. The zero-order chi connectivity index (χ0) is 15.3. The van der Waals surface area contributed by atoms with Gasteiger partial charge in [0.2, 0.25) is 0 Å². The SMILES string of the molecule is CCc1c(-c2ccc(Br)cc2)cn2c1-c1ccc(C)n1CC2. The normalized spacial score (nSPS) is 13.0. The standard InChI is InChI=1S/C19H19BrN2/c1-3-16-17(14-5-7-15(20)8-6-14)12-21-10-11-22-13(2)4-9-18(22)19(16)21/h4-9,12H,3,10-11H2,1-2H3. The van der Waals surface area contributed by atoms with Crippen LogP contribution in [0.3, 0.4) is 0 Å². The van der Waals surface area contributed by atoms with Crippen LogP contribution in [0.5, 0.6) is 0 Å². The summed E-state index contributed by atoms with van der Waals surface area (Å²) >= 11 is 3.53. The Bertz CT molecular complexity index is 837. The van der Waals surface area contributed by atoms with Crippen LogP contribution in [-0.2, 0) is 19.5 Å². The van der Waals surface area contributed by atoms with Gasteiger partial charge in [0.05, 0.1) is 11.4 Å². The van der Waals surface area contributed by atoms with Crippen LogP contribution in [0.2, 0.25) is 0 Å². The Kier molecular flexibility index (Phi) is 3.26. The number of hydrogen-bond acceptors (Lipinski definition) is 0. The number of nitrogens with zero attached hydrogens (tertiary/aromatic N) is 2. The second kappa shape index (κ2) is 5.17. The van der Waals surface area contributed by atoms with Crippen molar-refractivity contribution in [2.24, 2.45) is 0 Å². The molecule has 0 saturated carbocycles. The molecule has 22 heavy (non-hydrogen) atoms. The van der Waals surface area contributed by atoms with Gasteiger partial charge in [-0.05, 0) is 48.7 Å². The summed E-state index contributed by atoms with van der Waals surface area (Å²) in [6.07, 6.45) is 3.39. The molecule has 1 aliphatic rings. The molecule has 3 heteroatoms. The van der Waals surface area contributed by atoms with E-state index in [4.69, 9.17) is 0 Å². The zero-order valence-corrected chi connectivity index (χ0v) is 14.5. The van der Waals surface area contributed by atoms with Gasteiger partial charge in [0.15, 0.2) is 0 Å². The first-order chi connectivity index (χ1) is 10.7. The Labute approximate surface area is 139 Å². The largest absolute Gasteiger partial charge is 0.344 e. The molecule has 0 N–H and O–H groups in total. The van der Waals surface area contributed by atoms with Crippen molar-refractivity contribution in [3.05, 3.63) is 58.3 Å². The lowest BCUT2D eigenvalue weighted by Gasteiger charge is -2.21. The quantitative estimate of drug-likeness (QED) is 0.593. The molecular formula is C19H19BrN2. The van der Waals surface area contributed by atoms with E-state index in [9.17, 15) is 0 Å². The van der Waals surface area contributed by atoms with Gasteiger partial charge in [-0.2, -0.15) is 0 Å². The minimum absolute atomic E-state index is 1.05. The number of aromatic nitrogens is 2. The molecule has 0 unspecified atom stereocenters. The smallest absolute Gasteiger partial charge is 0.0687 e. The van der Waals surface area contributed by atoms with E-state index in [-0.39, 0.29) is 0 Å². The van der Waals surface area contributed by atoms with E-state index in [1.165, 1.54) is 33.8 Å². The van der Waals surface area contributed by atoms with Crippen LogP contribution in [0.1, 0.15) is 18.2 Å². The molecule has 4 rings (SSSR count). The fourth-order valence-electron chi connectivity index (χ4n) is 3.59. The molecule has 2 aromatic heterocycles. The molecule has 3 heterocycles. The van der Waals surface area contributed by atoms with Crippen molar-refractivity contribution in [1.29, 1.82) is 0 Å². The second-order valence-electron chi connectivity index (χ2n) is 5.94. The highest BCUT2D eigenvalue weighted by molar-refractivity contribution is 9.10. The Morgan fingerprint density at radius 3 is 2.55 bits per heavy atom.